The average Bonchev–Trinajstić information content (AvgIpc) is 2.63. The van der Waals surface area contributed by atoms with Gasteiger partial charge in [0, 0.05) is 24.2 Å². The quantitative estimate of drug-likeness (QED) is 0.699. The van der Waals surface area contributed by atoms with Gasteiger partial charge in [0.25, 0.3) is 5.91 Å². The Morgan fingerprint density at radius 1 is 1.04 bits per heavy atom. The molecule has 138 valence electrons. The van der Waals surface area contributed by atoms with E-state index >= 15 is 0 Å². The number of hydrogen-bond donors (Lipinski definition) is 2. The van der Waals surface area contributed by atoms with Gasteiger partial charge in [-0.1, -0.05) is 13.3 Å². The van der Waals surface area contributed by atoms with Crippen LogP contribution < -0.4 is 20.1 Å². The first kappa shape index (κ1) is 19.3. The van der Waals surface area contributed by atoms with Gasteiger partial charge >= 0.3 is 0 Å². The summed E-state index contributed by atoms with van der Waals surface area (Å²) in [6.45, 7) is 4.10. The second-order valence-electron chi connectivity index (χ2n) is 5.78. The van der Waals surface area contributed by atoms with Crippen LogP contribution >= 0.6 is 0 Å². The number of ether oxygens (including phenoxy) is 2. The SMILES string of the molecule is CCCCOc1ccc(OC)cc1NC(=O)c1ccc(NC(C)=O)cc1. The normalized spacial score (nSPS) is 10.1. The zero-order chi connectivity index (χ0) is 18.9. The molecule has 0 fully saturated rings. The fourth-order valence-corrected chi connectivity index (χ4v) is 2.29. The summed E-state index contributed by atoms with van der Waals surface area (Å²) in [4.78, 5) is 23.6. The van der Waals surface area contributed by atoms with Crippen molar-refractivity contribution in [3.63, 3.8) is 0 Å². The summed E-state index contributed by atoms with van der Waals surface area (Å²) in [6.07, 6.45) is 1.96. The first-order chi connectivity index (χ1) is 12.5. The van der Waals surface area contributed by atoms with Crippen LogP contribution in [0.2, 0.25) is 0 Å². The summed E-state index contributed by atoms with van der Waals surface area (Å²) >= 11 is 0. The highest BCUT2D eigenvalue weighted by Crippen LogP contribution is 2.30. The Morgan fingerprint density at radius 3 is 2.38 bits per heavy atom. The number of hydrogen-bond acceptors (Lipinski definition) is 4. The molecule has 0 radical (unpaired) electrons. The van der Waals surface area contributed by atoms with Crippen molar-refractivity contribution in [1.29, 1.82) is 0 Å². The monoisotopic (exact) mass is 356 g/mol. The lowest BCUT2D eigenvalue weighted by Gasteiger charge is -2.14. The van der Waals surface area contributed by atoms with Gasteiger partial charge in [0.05, 0.1) is 19.4 Å². The van der Waals surface area contributed by atoms with E-state index in [1.165, 1.54) is 6.92 Å². The average molecular weight is 356 g/mol. The smallest absolute Gasteiger partial charge is 0.255 e. The third kappa shape index (κ3) is 5.51. The van der Waals surface area contributed by atoms with Gasteiger partial charge < -0.3 is 20.1 Å². The molecule has 0 aliphatic carbocycles. The molecule has 0 aliphatic heterocycles. The summed E-state index contributed by atoms with van der Waals surface area (Å²) < 4.78 is 11.0. The van der Waals surface area contributed by atoms with E-state index in [1.54, 1.807) is 49.6 Å². The molecule has 6 heteroatoms. The van der Waals surface area contributed by atoms with Crippen LogP contribution in [0.15, 0.2) is 42.5 Å². The zero-order valence-electron chi connectivity index (χ0n) is 15.3. The number of methoxy groups -OCH3 is 1. The summed E-state index contributed by atoms with van der Waals surface area (Å²) in [5.41, 5.74) is 1.66. The molecule has 0 unspecified atom stereocenters. The van der Waals surface area contributed by atoms with Crippen LogP contribution in [-0.4, -0.2) is 25.5 Å². The third-order valence-electron chi connectivity index (χ3n) is 3.66. The van der Waals surface area contributed by atoms with Crippen molar-refractivity contribution in [2.45, 2.75) is 26.7 Å². The zero-order valence-corrected chi connectivity index (χ0v) is 15.3. The molecule has 2 rings (SSSR count). The molecule has 0 saturated heterocycles. The van der Waals surface area contributed by atoms with Crippen LogP contribution in [-0.2, 0) is 4.79 Å². The predicted octanol–water partition coefficient (Wildman–Crippen LogP) is 4.08. The van der Waals surface area contributed by atoms with E-state index in [1.807, 2.05) is 0 Å². The molecule has 0 spiro atoms. The minimum absolute atomic E-state index is 0.160. The maximum absolute atomic E-state index is 12.5. The molecule has 0 heterocycles. The lowest BCUT2D eigenvalue weighted by Crippen LogP contribution is -2.13. The van der Waals surface area contributed by atoms with Crippen molar-refractivity contribution >= 4 is 23.2 Å². The molecule has 0 bridgehead atoms. The van der Waals surface area contributed by atoms with Gasteiger partial charge in [-0.15, -0.1) is 0 Å². The molecule has 6 nitrogen and oxygen atoms in total. The number of rotatable bonds is 8. The summed E-state index contributed by atoms with van der Waals surface area (Å²) in [5, 5.41) is 5.52. The van der Waals surface area contributed by atoms with E-state index in [4.69, 9.17) is 9.47 Å². The molecule has 2 amide bonds. The molecule has 0 atom stereocenters. The van der Waals surface area contributed by atoms with Crippen molar-refractivity contribution in [2.75, 3.05) is 24.4 Å². The Morgan fingerprint density at radius 2 is 1.77 bits per heavy atom. The molecule has 0 aliphatic rings. The molecule has 2 N–H and O–H groups in total. The fourth-order valence-electron chi connectivity index (χ4n) is 2.29. The first-order valence-electron chi connectivity index (χ1n) is 8.53. The van der Waals surface area contributed by atoms with Crippen LogP contribution in [0.5, 0.6) is 11.5 Å². The molecule has 2 aromatic rings. The van der Waals surface area contributed by atoms with Crippen LogP contribution in [0.4, 0.5) is 11.4 Å². The summed E-state index contributed by atoms with van der Waals surface area (Å²) in [5.74, 6) is 0.798. The second kappa shape index (κ2) is 9.46. The van der Waals surface area contributed by atoms with Gasteiger partial charge in [-0.3, -0.25) is 9.59 Å². The largest absolute Gasteiger partial charge is 0.497 e. The van der Waals surface area contributed by atoms with Crippen LogP contribution in [0.3, 0.4) is 0 Å². The highest BCUT2D eigenvalue weighted by atomic mass is 16.5. The van der Waals surface area contributed by atoms with Crippen LogP contribution in [0.1, 0.15) is 37.0 Å². The van der Waals surface area contributed by atoms with Gasteiger partial charge in [-0.05, 0) is 42.8 Å². The van der Waals surface area contributed by atoms with E-state index in [9.17, 15) is 9.59 Å². The second-order valence-corrected chi connectivity index (χ2v) is 5.78. The summed E-state index contributed by atoms with van der Waals surface area (Å²) in [6, 6.07) is 12.0. The van der Waals surface area contributed by atoms with E-state index < -0.39 is 0 Å². The van der Waals surface area contributed by atoms with Crippen LogP contribution in [0.25, 0.3) is 0 Å². The first-order valence-corrected chi connectivity index (χ1v) is 8.53. The van der Waals surface area contributed by atoms with Crippen molar-refractivity contribution < 1.29 is 19.1 Å². The topological polar surface area (TPSA) is 76.7 Å². The molecular formula is C20H24N2O4. The number of amides is 2. The molecular weight excluding hydrogens is 332 g/mol. The summed E-state index contributed by atoms with van der Waals surface area (Å²) in [7, 11) is 1.57. The van der Waals surface area contributed by atoms with Crippen molar-refractivity contribution in [2.24, 2.45) is 0 Å². The number of unbranched alkanes of at least 4 members (excludes halogenated alkanes) is 1. The Balaban J connectivity index is 2.14. The maximum atomic E-state index is 12.5. The van der Waals surface area contributed by atoms with Crippen LogP contribution in [0, 0.1) is 0 Å². The Kier molecular flexibility index (Phi) is 7.02. The van der Waals surface area contributed by atoms with Gasteiger partial charge in [-0.2, -0.15) is 0 Å². The standard InChI is InChI=1S/C20H24N2O4/c1-4-5-12-26-19-11-10-17(25-3)13-18(19)22-20(24)15-6-8-16(9-7-15)21-14(2)23/h6-11,13H,4-5,12H2,1-3H3,(H,21,23)(H,22,24). The highest BCUT2D eigenvalue weighted by molar-refractivity contribution is 6.05. The number of carbonyl (C=O) groups excluding carboxylic acids is 2. The Labute approximate surface area is 153 Å². The van der Waals surface area contributed by atoms with Gasteiger partial charge in [0.15, 0.2) is 0 Å². The van der Waals surface area contributed by atoms with E-state index in [0.29, 0.717) is 35.0 Å². The number of carbonyl (C=O) groups is 2. The fraction of sp³-hybridized carbons (Fsp3) is 0.300. The van der Waals surface area contributed by atoms with E-state index in [0.717, 1.165) is 12.8 Å². The minimum Gasteiger partial charge on any atom is -0.497 e. The van der Waals surface area contributed by atoms with E-state index in [-0.39, 0.29) is 11.8 Å². The van der Waals surface area contributed by atoms with Gasteiger partial charge in [0.1, 0.15) is 11.5 Å². The van der Waals surface area contributed by atoms with E-state index in [2.05, 4.69) is 17.6 Å². The molecule has 26 heavy (non-hydrogen) atoms. The van der Waals surface area contributed by atoms with Crippen molar-refractivity contribution in [1.82, 2.24) is 0 Å². The molecule has 2 aromatic carbocycles. The lowest BCUT2D eigenvalue weighted by atomic mass is 10.2. The molecule has 0 saturated carbocycles. The van der Waals surface area contributed by atoms with Crippen molar-refractivity contribution in [3.8, 4) is 11.5 Å². The van der Waals surface area contributed by atoms with Crippen molar-refractivity contribution in [3.05, 3.63) is 48.0 Å². The number of nitrogens with one attached hydrogen (secondary N) is 2. The van der Waals surface area contributed by atoms with Gasteiger partial charge in [-0.25, -0.2) is 0 Å². The number of anilines is 2. The maximum Gasteiger partial charge on any atom is 0.255 e. The van der Waals surface area contributed by atoms with Gasteiger partial charge in [0.2, 0.25) is 5.91 Å². The minimum atomic E-state index is -0.270. The third-order valence-corrected chi connectivity index (χ3v) is 3.66. The highest BCUT2D eigenvalue weighted by Gasteiger charge is 2.12. The lowest BCUT2D eigenvalue weighted by molar-refractivity contribution is -0.114. The Bertz CT molecular complexity index is 757. The Hall–Kier alpha value is -3.02. The number of benzene rings is 2. The predicted molar refractivity (Wildman–Crippen MR) is 102 cm³/mol. The molecule has 0 aromatic heterocycles.